The fourth-order valence-electron chi connectivity index (χ4n) is 2.62. The number of halogens is 1. The van der Waals surface area contributed by atoms with Gasteiger partial charge >= 0.3 is 0 Å². The van der Waals surface area contributed by atoms with E-state index in [9.17, 15) is 9.18 Å². The number of hydrogen-bond donors (Lipinski definition) is 0. The summed E-state index contributed by atoms with van der Waals surface area (Å²) in [6.07, 6.45) is 4.90. The lowest BCUT2D eigenvalue weighted by Crippen LogP contribution is -2.42. The van der Waals surface area contributed by atoms with Crippen molar-refractivity contribution < 1.29 is 18.5 Å². The molecule has 0 fully saturated rings. The van der Waals surface area contributed by atoms with Crippen molar-refractivity contribution in [3.05, 3.63) is 48.3 Å². The van der Waals surface area contributed by atoms with Crippen LogP contribution in [0, 0.1) is 5.82 Å². The third kappa shape index (κ3) is 4.07. The summed E-state index contributed by atoms with van der Waals surface area (Å²) in [6, 6.07) is 3.94. The number of rotatable bonds is 5. The van der Waals surface area contributed by atoms with Crippen LogP contribution in [0.1, 0.15) is 38.1 Å². The van der Waals surface area contributed by atoms with E-state index in [2.05, 4.69) is 4.98 Å². The van der Waals surface area contributed by atoms with E-state index < -0.39 is 5.82 Å². The summed E-state index contributed by atoms with van der Waals surface area (Å²) in [7, 11) is 1.82. The summed E-state index contributed by atoms with van der Waals surface area (Å²) in [5.74, 6) is 0.0414. The SMILES string of the molecule is CC(C)N(C(=O)c1cc(F)ccc1Oc1cnc[n+](C)c1)C(C)C. The van der Waals surface area contributed by atoms with Crippen molar-refractivity contribution in [2.75, 3.05) is 0 Å². The van der Waals surface area contributed by atoms with E-state index in [0.29, 0.717) is 11.5 Å². The molecule has 0 N–H and O–H groups in total. The van der Waals surface area contributed by atoms with Gasteiger partial charge in [-0.2, -0.15) is 0 Å². The summed E-state index contributed by atoms with van der Waals surface area (Å²) in [5, 5.41) is 0. The van der Waals surface area contributed by atoms with E-state index in [-0.39, 0.29) is 23.6 Å². The van der Waals surface area contributed by atoms with Gasteiger partial charge in [-0.3, -0.25) is 4.79 Å². The topological polar surface area (TPSA) is 46.3 Å². The van der Waals surface area contributed by atoms with Crippen LogP contribution in [0.15, 0.2) is 36.9 Å². The molecule has 128 valence electrons. The minimum Gasteiger partial charge on any atom is -0.449 e. The first-order valence-electron chi connectivity index (χ1n) is 7.90. The number of ether oxygens (including phenoxy) is 1. The van der Waals surface area contributed by atoms with Gasteiger partial charge in [0.05, 0.1) is 12.6 Å². The highest BCUT2D eigenvalue weighted by Gasteiger charge is 2.25. The third-order valence-electron chi connectivity index (χ3n) is 3.53. The lowest BCUT2D eigenvalue weighted by atomic mass is 10.1. The van der Waals surface area contributed by atoms with Gasteiger partial charge in [0.15, 0.2) is 6.20 Å². The molecule has 6 heteroatoms. The Labute approximate surface area is 141 Å². The summed E-state index contributed by atoms with van der Waals surface area (Å²) in [4.78, 5) is 18.6. The third-order valence-corrected chi connectivity index (χ3v) is 3.53. The van der Waals surface area contributed by atoms with E-state index in [1.807, 2.05) is 34.7 Å². The number of nitrogens with zero attached hydrogens (tertiary/aromatic N) is 3. The van der Waals surface area contributed by atoms with Crippen LogP contribution in [0.4, 0.5) is 4.39 Å². The molecule has 0 aliphatic carbocycles. The monoisotopic (exact) mass is 332 g/mol. The molecule has 1 heterocycles. The zero-order valence-electron chi connectivity index (χ0n) is 14.7. The van der Waals surface area contributed by atoms with Crippen LogP contribution in [0.25, 0.3) is 0 Å². The molecule has 1 amide bonds. The molecule has 0 saturated heterocycles. The second-order valence-corrected chi connectivity index (χ2v) is 6.23. The molecule has 5 nitrogen and oxygen atoms in total. The molecule has 0 saturated carbocycles. The fraction of sp³-hybridized carbons (Fsp3) is 0.389. The predicted molar refractivity (Wildman–Crippen MR) is 88.3 cm³/mol. The van der Waals surface area contributed by atoms with Crippen molar-refractivity contribution in [1.29, 1.82) is 0 Å². The zero-order chi connectivity index (χ0) is 17.9. The Morgan fingerprint density at radius 3 is 2.50 bits per heavy atom. The van der Waals surface area contributed by atoms with Gasteiger partial charge in [-0.05, 0) is 45.9 Å². The van der Waals surface area contributed by atoms with Gasteiger partial charge in [-0.25, -0.2) is 8.96 Å². The van der Waals surface area contributed by atoms with Crippen molar-refractivity contribution in [3.63, 3.8) is 0 Å². The Kier molecular flexibility index (Phi) is 5.49. The van der Waals surface area contributed by atoms with E-state index >= 15 is 0 Å². The van der Waals surface area contributed by atoms with Crippen molar-refractivity contribution in [1.82, 2.24) is 9.88 Å². The molecule has 0 radical (unpaired) electrons. The van der Waals surface area contributed by atoms with Crippen LogP contribution in [0.2, 0.25) is 0 Å². The van der Waals surface area contributed by atoms with E-state index in [0.717, 1.165) is 0 Å². The second-order valence-electron chi connectivity index (χ2n) is 6.23. The smallest absolute Gasteiger partial charge is 0.286 e. The molecule has 0 bridgehead atoms. The summed E-state index contributed by atoms with van der Waals surface area (Å²) in [6.45, 7) is 7.72. The van der Waals surface area contributed by atoms with Crippen LogP contribution in [-0.2, 0) is 7.05 Å². The lowest BCUT2D eigenvalue weighted by molar-refractivity contribution is -0.674. The molecule has 1 aromatic carbocycles. The number of carbonyl (C=O) groups excluding carboxylic acids is 1. The first kappa shape index (κ1) is 17.8. The number of benzene rings is 1. The number of aryl methyl sites for hydroxylation is 1. The van der Waals surface area contributed by atoms with Gasteiger partial charge in [0, 0.05) is 12.1 Å². The highest BCUT2D eigenvalue weighted by Crippen LogP contribution is 2.27. The molecule has 0 aliphatic heterocycles. The fourth-order valence-corrected chi connectivity index (χ4v) is 2.62. The number of carbonyl (C=O) groups is 1. The number of aromatic nitrogens is 2. The minimum atomic E-state index is -0.477. The predicted octanol–water partition coefficient (Wildman–Crippen LogP) is 3.10. The molecular formula is C18H23FN3O2+. The standard InChI is InChI=1S/C18H23FN3O2/c1-12(2)22(13(3)4)18(23)16-8-14(19)6-7-17(16)24-15-9-20-11-21(5)10-15/h6-13H,1-5H3/q+1. The van der Waals surface area contributed by atoms with Gasteiger partial charge in [-0.15, -0.1) is 0 Å². The second kappa shape index (κ2) is 7.38. The Hall–Kier alpha value is -2.50. The van der Waals surface area contributed by atoms with Gasteiger partial charge < -0.3 is 9.64 Å². The average Bonchev–Trinajstić information content (AvgIpc) is 2.48. The van der Waals surface area contributed by atoms with E-state index in [1.54, 1.807) is 28.2 Å². The van der Waals surface area contributed by atoms with Crippen molar-refractivity contribution in [3.8, 4) is 11.5 Å². The Balaban J connectivity index is 2.42. The molecule has 0 aliphatic rings. The maximum atomic E-state index is 13.7. The van der Waals surface area contributed by atoms with Gasteiger partial charge in [0.2, 0.25) is 5.75 Å². The number of amides is 1. The van der Waals surface area contributed by atoms with Crippen LogP contribution >= 0.6 is 0 Å². The van der Waals surface area contributed by atoms with Crippen molar-refractivity contribution in [2.45, 2.75) is 39.8 Å². The maximum absolute atomic E-state index is 13.7. The van der Waals surface area contributed by atoms with Crippen LogP contribution in [0.5, 0.6) is 11.5 Å². The van der Waals surface area contributed by atoms with Crippen LogP contribution in [0.3, 0.4) is 0 Å². The normalized spacial score (nSPS) is 11.0. The van der Waals surface area contributed by atoms with Crippen molar-refractivity contribution in [2.24, 2.45) is 7.05 Å². The summed E-state index contributed by atoms with van der Waals surface area (Å²) < 4.78 is 21.2. The molecule has 2 rings (SSSR count). The first-order valence-corrected chi connectivity index (χ1v) is 7.90. The largest absolute Gasteiger partial charge is 0.449 e. The zero-order valence-corrected chi connectivity index (χ0v) is 14.7. The highest BCUT2D eigenvalue weighted by atomic mass is 19.1. The Morgan fingerprint density at radius 2 is 1.92 bits per heavy atom. The highest BCUT2D eigenvalue weighted by molar-refractivity contribution is 5.97. The van der Waals surface area contributed by atoms with E-state index in [4.69, 9.17) is 4.74 Å². The number of hydrogen-bond acceptors (Lipinski definition) is 3. The summed E-state index contributed by atoms with van der Waals surface area (Å²) in [5.41, 5.74) is 0.198. The van der Waals surface area contributed by atoms with Gasteiger partial charge in [-0.1, -0.05) is 4.98 Å². The lowest BCUT2D eigenvalue weighted by Gasteiger charge is -2.31. The molecular weight excluding hydrogens is 309 g/mol. The molecule has 0 spiro atoms. The molecule has 0 atom stereocenters. The minimum absolute atomic E-state index is 0.00944. The van der Waals surface area contributed by atoms with Crippen molar-refractivity contribution >= 4 is 5.91 Å². The van der Waals surface area contributed by atoms with Crippen LogP contribution < -0.4 is 9.30 Å². The molecule has 24 heavy (non-hydrogen) atoms. The molecule has 1 aromatic heterocycles. The molecule has 2 aromatic rings. The van der Waals surface area contributed by atoms with Crippen LogP contribution in [-0.4, -0.2) is 27.9 Å². The average molecular weight is 332 g/mol. The van der Waals surface area contributed by atoms with Gasteiger partial charge in [0.1, 0.15) is 17.8 Å². The quantitative estimate of drug-likeness (QED) is 0.791. The maximum Gasteiger partial charge on any atom is 0.286 e. The Bertz CT molecular complexity index is 724. The first-order chi connectivity index (χ1) is 11.3. The van der Waals surface area contributed by atoms with Gasteiger partial charge in [0.25, 0.3) is 12.2 Å². The summed E-state index contributed by atoms with van der Waals surface area (Å²) >= 11 is 0. The van der Waals surface area contributed by atoms with E-state index in [1.165, 1.54) is 18.2 Å². The Morgan fingerprint density at radius 1 is 1.25 bits per heavy atom. The molecule has 0 unspecified atom stereocenters.